The molecule has 0 aliphatic rings. The van der Waals surface area contributed by atoms with E-state index < -0.39 is 11.1 Å². The molecule has 0 radical (unpaired) electrons. The Bertz CT molecular complexity index is 1000. The predicted molar refractivity (Wildman–Crippen MR) is 110 cm³/mol. The van der Waals surface area contributed by atoms with E-state index in [1.54, 1.807) is 0 Å². The fourth-order valence-electron chi connectivity index (χ4n) is 2.48. The number of aromatic nitrogens is 1. The van der Waals surface area contributed by atoms with Crippen molar-refractivity contribution in [3.05, 3.63) is 94.2 Å². The average Bonchev–Trinajstić information content (AvgIpc) is 2.75. The molecule has 8 nitrogen and oxygen atoms in total. The molecule has 0 fully saturated rings. The molecule has 2 aromatic carbocycles. The first-order chi connectivity index (χ1) is 14.0. The summed E-state index contributed by atoms with van der Waals surface area (Å²) in [5, 5.41) is 27.7. The fourth-order valence-corrected chi connectivity index (χ4v) is 2.48. The maximum Gasteiger partial charge on any atom is 0.287 e. The van der Waals surface area contributed by atoms with E-state index in [1.807, 2.05) is 54.6 Å². The summed E-state index contributed by atoms with van der Waals surface area (Å²) in [6, 6.07) is 20.1. The zero-order valence-electron chi connectivity index (χ0n) is 16.1. The largest absolute Gasteiger partial charge is 0.287 e. The summed E-state index contributed by atoms with van der Waals surface area (Å²) in [7, 11) is 0. The van der Waals surface area contributed by atoms with Gasteiger partial charge in [-0.15, -0.1) is 5.11 Å². The molecule has 1 aromatic heterocycles. The zero-order chi connectivity index (χ0) is 20.6. The van der Waals surface area contributed by atoms with Crippen LogP contribution in [0.1, 0.15) is 37.1 Å². The topological polar surface area (TPSA) is 105 Å². The second-order valence-corrected chi connectivity index (χ2v) is 6.59. The molecule has 146 valence electrons. The van der Waals surface area contributed by atoms with Crippen LogP contribution in [0.15, 0.2) is 93.4 Å². The normalized spacial score (nSPS) is 12.7. The Labute approximate surface area is 168 Å². The van der Waals surface area contributed by atoms with Crippen LogP contribution in [-0.4, -0.2) is 9.91 Å². The molecule has 0 N–H and O–H groups in total. The highest BCUT2D eigenvalue weighted by molar-refractivity contribution is 5.36. The molecule has 1 heterocycles. The van der Waals surface area contributed by atoms with E-state index in [1.165, 1.54) is 17.7 Å². The molecule has 3 rings (SSSR count). The number of nitro groups is 1. The summed E-state index contributed by atoms with van der Waals surface area (Å²) >= 11 is 0. The van der Waals surface area contributed by atoms with Crippen molar-refractivity contribution in [3.63, 3.8) is 0 Å². The number of hydrogen-bond acceptors (Lipinski definition) is 7. The lowest BCUT2D eigenvalue weighted by Gasteiger charge is -2.09. The zero-order valence-corrected chi connectivity index (χ0v) is 16.1. The fraction of sp³-hybridized carbons (Fsp3) is 0.190. The van der Waals surface area contributed by atoms with Gasteiger partial charge in [0.1, 0.15) is 6.20 Å². The summed E-state index contributed by atoms with van der Waals surface area (Å²) in [6.45, 7) is 4.25. The third-order valence-electron chi connectivity index (χ3n) is 4.15. The van der Waals surface area contributed by atoms with Crippen LogP contribution >= 0.6 is 0 Å². The van der Waals surface area contributed by atoms with Crippen molar-refractivity contribution in [3.8, 4) is 0 Å². The molecule has 0 spiro atoms. The van der Waals surface area contributed by atoms with Gasteiger partial charge < -0.3 is 0 Å². The molecular formula is C21H20N6O2. The van der Waals surface area contributed by atoms with Gasteiger partial charge in [-0.1, -0.05) is 56.3 Å². The maximum atomic E-state index is 10.7. The molecule has 8 heteroatoms. The molecule has 0 saturated heterocycles. The van der Waals surface area contributed by atoms with Crippen LogP contribution in [0, 0.1) is 10.1 Å². The van der Waals surface area contributed by atoms with Gasteiger partial charge in [0.15, 0.2) is 5.82 Å². The Hall–Kier alpha value is -3.81. The monoisotopic (exact) mass is 388 g/mol. The van der Waals surface area contributed by atoms with Crippen molar-refractivity contribution < 1.29 is 4.92 Å². The number of benzene rings is 2. The van der Waals surface area contributed by atoms with Crippen molar-refractivity contribution in [2.45, 2.75) is 25.9 Å². The van der Waals surface area contributed by atoms with E-state index in [0.717, 1.165) is 11.8 Å². The third-order valence-corrected chi connectivity index (χ3v) is 4.15. The molecule has 1 atom stereocenters. The summed E-state index contributed by atoms with van der Waals surface area (Å²) in [5.74, 6) is 0.675. The van der Waals surface area contributed by atoms with Gasteiger partial charge in [-0.2, -0.15) is 15.3 Å². The lowest BCUT2D eigenvalue weighted by Crippen LogP contribution is -1.93. The second kappa shape index (κ2) is 9.41. The third kappa shape index (κ3) is 5.58. The quantitative estimate of drug-likeness (QED) is 0.256. The van der Waals surface area contributed by atoms with Gasteiger partial charge in [-0.25, -0.2) is 4.98 Å². The van der Waals surface area contributed by atoms with E-state index in [2.05, 4.69) is 39.3 Å². The smallest absolute Gasteiger partial charge is 0.258 e. The Morgan fingerprint density at radius 2 is 1.52 bits per heavy atom. The summed E-state index contributed by atoms with van der Waals surface area (Å²) in [5.41, 5.74) is 2.65. The SMILES string of the molecule is CC(C)c1ccc(C(N=Nc2ccccc2)N=Nc2ccc([N+](=O)[O-])cn2)cc1. The van der Waals surface area contributed by atoms with Crippen LogP contribution < -0.4 is 0 Å². The predicted octanol–water partition coefficient (Wildman–Crippen LogP) is 6.68. The van der Waals surface area contributed by atoms with E-state index in [4.69, 9.17) is 0 Å². The van der Waals surface area contributed by atoms with Crippen LogP contribution in [0.3, 0.4) is 0 Å². The first kappa shape index (κ1) is 19.9. The Kier molecular flexibility index (Phi) is 6.47. The highest BCUT2D eigenvalue weighted by Gasteiger charge is 2.11. The molecule has 0 saturated carbocycles. The summed E-state index contributed by atoms with van der Waals surface area (Å²) in [6.07, 6.45) is 0.486. The van der Waals surface area contributed by atoms with Crippen molar-refractivity contribution in [1.82, 2.24) is 4.98 Å². The van der Waals surface area contributed by atoms with Crippen molar-refractivity contribution in [2.24, 2.45) is 20.5 Å². The molecule has 1 unspecified atom stereocenters. The number of pyridine rings is 1. The van der Waals surface area contributed by atoms with E-state index >= 15 is 0 Å². The molecule has 0 aliphatic carbocycles. The Morgan fingerprint density at radius 1 is 0.862 bits per heavy atom. The maximum absolute atomic E-state index is 10.7. The first-order valence-electron chi connectivity index (χ1n) is 9.10. The first-order valence-corrected chi connectivity index (χ1v) is 9.10. The van der Waals surface area contributed by atoms with Crippen LogP contribution in [0.5, 0.6) is 0 Å². The van der Waals surface area contributed by atoms with Crippen LogP contribution in [0.4, 0.5) is 17.2 Å². The van der Waals surface area contributed by atoms with E-state index in [-0.39, 0.29) is 11.5 Å². The molecule has 3 aromatic rings. The van der Waals surface area contributed by atoms with Crippen molar-refractivity contribution >= 4 is 17.2 Å². The van der Waals surface area contributed by atoms with Gasteiger partial charge in [0.2, 0.25) is 6.17 Å². The van der Waals surface area contributed by atoms with Gasteiger partial charge in [0.05, 0.1) is 10.6 Å². The van der Waals surface area contributed by atoms with Crippen molar-refractivity contribution in [1.29, 1.82) is 0 Å². The molecule has 0 amide bonds. The van der Waals surface area contributed by atoms with E-state index in [0.29, 0.717) is 11.6 Å². The molecule has 0 bridgehead atoms. The number of hydrogen-bond donors (Lipinski definition) is 0. The highest BCUT2D eigenvalue weighted by atomic mass is 16.6. The van der Waals surface area contributed by atoms with Crippen LogP contribution in [0.2, 0.25) is 0 Å². The number of azo groups is 2. The molecule has 0 aliphatic heterocycles. The van der Waals surface area contributed by atoms with Gasteiger partial charge >= 0.3 is 0 Å². The minimum absolute atomic E-state index is 0.103. The van der Waals surface area contributed by atoms with Gasteiger partial charge in [-0.05, 0) is 29.7 Å². The standard InChI is InChI=1S/C21H20N6O2/c1-15(2)16-8-10-17(11-9-16)21(25-23-18-6-4-3-5-7-18)26-24-20-13-12-19(14-22-20)27(28)29/h3-15,21H,1-2H3. The molecule has 29 heavy (non-hydrogen) atoms. The minimum atomic E-state index is -0.659. The van der Waals surface area contributed by atoms with Gasteiger partial charge in [0, 0.05) is 11.6 Å². The van der Waals surface area contributed by atoms with Crippen LogP contribution in [-0.2, 0) is 0 Å². The average molecular weight is 388 g/mol. The van der Waals surface area contributed by atoms with E-state index in [9.17, 15) is 10.1 Å². The Balaban J connectivity index is 1.87. The lowest BCUT2D eigenvalue weighted by molar-refractivity contribution is -0.385. The second-order valence-electron chi connectivity index (χ2n) is 6.59. The highest BCUT2D eigenvalue weighted by Crippen LogP contribution is 2.26. The number of rotatable bonds is 7. The Morgan fingerprint density at radius 3 is 2.10 bits per heavy atom. The van der Waals surface area contributed by atoms with Crippen molar-refractivity contribution in [2.75, 3.05) is 0 Å². The van der Waals surface area contributed by atoms with Gasteiger partial charge in [-0.3, -0.25) is 10.1 Å². The minimum Gasteiger partial charge on any atom is -0.258 e. The lowest BCUT2D eigenvalue weighted by atomic mass is 10.0. The summed E-state index contributed by atoms with van der Waals surface area (Å²) in [4.78, 5) is 14.2. The summed E-state index contributed by atoms with van der Waals surface area (Å²) < 4.78 is 0. The number of nitrogens with zero attached hydrogens (tertiary/aromatic N) is 6. The molecular weight excluding hydrogens is 368 g/mol. The van der Waals surface area contributed by atoms with Gasteiger partial charge in [0.25, 0.3) is 5.69 Å². The van der Waals surface area contributed by atoms with Crippen LogP contribution in [0.25, 0.3) is 0 Å².